The number of carbonyl (C=O) groups is 2. The molecule has 3 rings (SSSR count). The van der Waals surface area contributed by atoms with E-state index in [1.807, 2.05) is 19.0 Å². The van der Waals surface area contributed by atoms with E-state index in [-0.39, 0.29) is 18.2 Å². The summed E-state index contributed by atoms with van der Waals surface area (Å²) in [6.45, 7) is 3.56. The Kier molecular flexibility index (Phi) is 5.46. The van der Waals surface area contributed by atoms with Gasteiger partial charge in [-0.3, -0.25) is 9.59 Å². The summed E-state index contributed by atoms with van der Waals surface area (Å²) < 4.78 is 0. The van der Waals surface area contributed by atoms with Gasteiger partial charge in [0, 0.05) is 27.2 Å². The third-order valence-corrected chi connectivity index (χ3v) is 5.22. The zero-order valence-corrected chi connectivity index (χ0v) is 16.0. The molecule has 0 bridgehead atoms. The first-order valence-corrected chi connectivity index (χ1v) is 9.32. The van der Waals surface area contributed by atoms with E-state index in [2.05, 4.69) is 25.2 Å². The number of nitrogens with zero attached hydrogens (tertiary/aromatic N) is 5. The summed E-state index contributed by atoms with van der Waals surface area (Å²) in [5.41, 5.74) is 0. The predicted molar refractivity (Wildman–Crippen MR) is 101 cm³/mol. The van der Waals surface area contributed by atoms with E-state index < -0.39 is 0 Å². The van der Waals surface area contributed by atoms with E-state index in [1.165, 1.54) is 18.3 Å². The van der Waals surface area contributed by atoms with Gasteiger partial charge < -0.3 is 15.1 Å². The topological polar surface area (TPSA) is 91.3 Å². The van der Waals surface area contributed by atoms with Crippen LogP contribution in [0.3, 0.4) is 0 Å². The molecule has 1 fully saturated rings. The SMILES string of the molecule is CC(=O)c1ccc(C(=O)NCc2nc(N(C)C)nc(N3CCCC3)n2)s1. The molecule has 0 unspecified atom stereocenters. The van der Waals surface area contributed by atoms with Crippen LogP contribution in [0.4, 0.5) is 11.9 Å². The van der Waals surface area contributed by atoms with Crippen molar-refractivity contribution in [1.29, 1.82) is 0 Å². The monoisotopic (exact) mass is 374 g/mol. The summed E-state index contributed by atoms with van der Waals surface area (Å²) in [6, 6.07) is 3.32. The summed E-state index contributed by atoms with van der Waals surface area (Å²) >= 11 is 1.18. The number of nitrogens with one attached hydrogen (secondary N) is 1. The molecule has 0 spiro atoms. The maximum atomic E-state index is 12.3. The van der Waals surface area contributed by atoms with Crippen molar-refractivity contribution < 1.29 is 9.59 Å². The van der Waals surface area contributed by atoms with Crippen molar-refractivity contribution in [2.24, 2.45) is 0 Å². The predicted octanol–water partition coefficient (Wildman–Crippen LogP) is 1.73. The summed E-state index contributed by atoms with van der Waals surface area (Å²) in [5, 5.41) is 2.82. The smallest absolute Gasteiger partial charge is 0.261 e. The Bertz CT molecular complexity index is 813. The summed E-state index contributed by atoms with van der Waals surface area (Å²) in [7, 11) is 3.75. The highest BCUT2D eigenvalue weighted by molar-refractivity contribution is 7.15. The Balaban J connectivity index is 1.73. The molecule has 2 aromatic heterocycles. The third kappa shape index (κ3) is 4.16. The standard InChI is InChI=1S/C17H22N6O2S/c1-11(24)12-6-7-13(26-12)15(25)18-10-14-19-16(22(2)3)21-17(20-14)23-8-4-5-9-23/h6-7H,4-5,8-10H2,1-3H3,(H,18,25). The van der Waals surface area contributed by atoms with Crippen molar-refractivity contribution in [3.05, 3.63) is 27.7 Å². The van der Waals surface area contributed by atoms with E-state index in [0.29, 0.717) is 27.5 Å². The van der Waals surface area contributed by atoms with Crippen LogP contribution in [0, 0.1) is 0 Å². The first-order valence-electron chi connectivity index (χ1n) is 8.50. The molecule has 0 radical (unpaired) electrons. The Hall–Kier alpha value is -2.55. The molecule has 1 amide bonds. The van der Waals surface area contributed by atoms with Crippen molar-refractivity contribution >= 4 is 34.9 Å². The van der Waals surface area contributed by atoms with E-state index in [4.69, 9.17) is 0 Å². The van der Waals surface area contributed by atoms with Gasteiger partial charge in [-0.05, 0) is 31.9 Å². The number of rotatable bonds is 6. The molecule has 138 valence electrons. The van der Waals surface area contributed by atoms with Crippen molar-refractivity contribution in [2.45, 2.75) is 26.3 Å². The van der Waals surface area contributed by atoms with Gasteiger partial charge in [0.05, 0.1) is 16.3 Å². The van der Waals surface area contributed by atoms with E-state index in [0.717, 1.165) is 25.9 Å². The van der Waals surface area contributed by atoms with Crippen LogP contribution < -0.4 is 15.1 Å². The minimum atomic E-state index is -0.239. The molecule has 1 aliphatic rings. The second-order valence-electron chi connectivity index (χ2n) is 6.34. The fourth-order valence-electron chi connectivity index (χ4n) is 2.63. The number of aromatic nitrogens is 3. The number of hydrogen-bond acceptors (Lipinski definition) is 8. The van der Waals surface area contributed by atoms with Crippen LogP contribution in [0.2, 0.25) is 0 Å². The number of Topliss-reactive ketones (excluding diaryl/α,β-unsaturated/α-hetero) is 1. The Morgan fingerprint density at radius 3 is 2.46 bits per heavy atom. The number of thiophene rings is 1. The first kappa shape index (κ1) is 18.2. The largest absolute Gasteiger partial charge is 0.347 e. The lowest BCUT2D eigenvalue weighted by atomic mass is 10.3. The van der Waals surface area contributed by atoms with Crippen molar-refractivity contribution in [2.75, 3.05) is 37.0 Å². The summed E-state index contributed by atoms with van der Waals surface area (Å²) in [5.74, 6) is 1.46. The van der Waals surface area contributed by atoms with E-state index in [1.54, 1.807) is 12.1 Å². The molecule has 0 aromatic carbocycles. The van der Waals surface area contributed by atoms with Gasteiger partial charge in [-0.1, -0.05) is 0 Å². The number of anilines is 2. The van der Waals surface area contributed by atoms with Gasteiger partial charge in [0.15, 0.2) is 11.6 Å². The van der Waals surface area contributed by atoms with Crippen LogP contribution in [0.15, 0.2) is 12.1 Å². The quantitative estimate of drug-likeness (QED) is 0.770. The zero-order chi connectivity index (χ0) is 18.7. The minimum absolute atomic E-state index is 0.0441. The third-order valence-electron chi connectivity index (χ3n) is 4.03. The van der Waals surface area contributed by atoms with Gasteiger partial charge in [0.2, 0.25) is 11.9 Å². The van der Waals surface area contributed by atoms with Crippen LogP contribution >= 0.6 is 11.3 Å². The molecular formula is C17H22N6O2S. The Morgan fingerprint density at radius 2 is 1.85 bits per heavy atom. The maximum Gasteiger partial charge on any atom is 0.261 e. The van der Waals surface area contributed by atoms with Crippen molar-refractivity contribution in [3.63, 3.8) is 0 Å². The molecule has 9 heteroatoms. The molecular weight excluding hydrogens is 352 g/mol. The van der Waals surface area contributed by atoms with Gasteiger partial charge in [-0.15, -0.1) is 11.3 Å². The van der Waals surface area contributed by atoms with E-state index in [9.17, 15) is 9.59 Å². The molecule has 0 aliphatic carbocycles. The second kappa shape index (κ2) is 7.77. The highest BCUT2D eigenvalue weighted by Gasteiger charge is 2.18. The molecule has 1 N–H and O–H groups in total. The molecule has 3 heterocycles. The molecule has 8 nitrogen and oxygen atoms in total. The van der Waals surface area contributed by atoms with Crippen LogP contribution in [-0.4, -0.2) is 53.8 Å². The van der Waals surface area contributed by atoms with E-state index >= 15 is 0 Å². The molecule has 26 heavy (non-hydrogen) atoms. The molecule has 0 saturated carbocycles. The summed E-state index contributed by atoms with van der Waals surface area (Å²) in [4.78, 5) is 42.1. The molecule has 1 saturated heterocycles. The van der Waals surface area contributed by atoms with Crippen molar-refractivity contribution in [3.8, 4) is 0 Å². The lowest BCUT2D eigenvalue weighted by Crippen LogP contribution is -2.27. The number of amides is 1. The minimum Gasteiger partial charge on any atom is -0.347 e. The van der Waals surface area contributed by atoms with Gasteiger partial charge in [-0.25, -0.2) is 0 Å². The van der Waals surface area contributed by atoms with Gasteiger partial charge in [-0.2, -0.15) is 15.0 Å². The fraction of sp³-hybridized carbons (Fsp3) is 0.471. The number of ketones is 1. The molecule has 1 aliphatic heterocycles. The number of hydrogen-bond donors (Lipinski definition) is 1. The molecule has 2 aromatic rings. The maximum absolute atomic E-state index is 12.3. The van der Waals surface area contributed by atoms with Gasteiger partial charge in [0.25, 0.3) is 5.91 Å². The first-order chi connectivity index (χ1) is 12.4. The van der Waals surface area contributed by atoms with Gasteiger partial charge in [0.1, 0.15) is 0 Å². The van der Waals surface area contributed by atoms with Crippen LogP contribution in [-0.2, 0) is 6.54 Å². The lowest BCUT2D eigenvalue weighted by molar-refractivity contribution is 0.0953. The summed E-state index contributed by atoms with van der Waals surface area (Å²) in [6.07, 6.45) is 2.26. The fourth-order valence-corrected chi connectivity index (χ4v) is 3.45. The molecule has 0 atom stereocenters. The normalized spacial score (nSPS) is 13.7. The van der Waals surface area contributed by atoms with Crippen LogP contribution in [0.1, 0.15) is 44.9 Å². The second-order valence-corrected chi connectivity index (χ2v) is 7.43. The number of carbonyl (C=O) groups excluding carboxylic acids is 2. The highest BCUT2D eigenvalue weighted by atomic mass is 32.1. The van der Waals surface area contributed by atoms with Crippen LogP contribution in [0.5, 0.6) is 0 Å². The zero-order valence-electron chi connectivity index (χ0n) is 15.2. The average Bonchev–Trinajstić information content (AvgIpc) is 3.30. The average molecular weight is 374 g/mol. The van der Waals surface area contributed by atoms with Crippen LogP contribution in [0.25, 0.3) is 0 Å². The Labute approximate surface area is 156 Å². The highest BCUT2D eigenvalue weighted by Crippen LogP contribution is 2.19. The van der Waals surface area contributed by atoms with Crippen molar-refractivity contribution in [1.82, 2.24) is 20.3 Å². The van der Waals surface area contributed by atoms with Gasteiger partial charge >= 0.3 is 0 Å². The lowest BCUT2D eigenvalue weighted by Gasteiger charge is -2.18. The Morgan fingerprint density at radius 1 is 1.15 bits per heavy atom.